The normalized spacial score (nSPS) is 22.6. The van der Waals surface area contributed by atoms with Gasteiger partial charge in [-0.1, -0.05) is 19.9 Å². The van der Waals surface area contributed by atoms with E-state index in [4.69, 9.17) is 23.7 Å². The predicted molar refractivity (Wildman–Crippen MR) is 152 cm³/mol. The molecule has 2 aliphatic heterocycles. The summed E-state index contributed by atoms with van der Waals surface area (Å²) >= 11 is 0. The molecule has 0 radical (unpaired) electrons. The van der Waals surface area contributed by atoms with Crippen LogP contribution in [0.1, 0.15) is 57.9 Å². The van der Waals surface area contributed by atoms with E-state index in [1.807, 2.05) is 11.0 Å². The Morgan fingerprint density at radius 1 is 1.05 bits per heavy atom. The lowest BCUT2D eigenvalue weighted by atomic mass is 9.78. The van der Waals surface area contributed by atoms with E-state index in [0.29, 0.717) is 56.1 Å². The number of amides is 1. The minimum atomic E-state index is -0.119. The van der Waals surface area contributed by atoms with Crippen LogP contribution >= 0.6 is 0 Å². The molecule has 1 aliphatic carbocycles. The Morgan fingerprint density at radius 2 is 1.82 bits per heavy atom. The Hall–Kier alpha value is -2.03. The molecule has 1 saturated carbocycles. The summed E-state index contributed by atoms with van der Waals surface area (Å²) in [6, 6.07) is 6.69. The van der Waals surface area contributed by atoms with Gasteiger partial charge in [-0.25, -0.2) is 4.79 Å². The van der Waals surface area contributed by atoms with Crippen LogP contribution in [-0.2, 0) is 20.6 Å². The van der Waals surface area contributed by atoms with Crippen molar-refractivity contribution in [2.24, 2.45) is 23.7 Å². The van der Waals surface area contributed by atoms with Crippen molar-refractivity contribution in [2.45, 2.75) is 70.9 Å². The lowest BCUT2D eigenvalue weighted by Gasteiger charge is -2.32. The molecule has 0 spiro atoms. The molecule has 2 saturated heterocycles. The second kappa shape index (κ2) is 15.1. The summed E-state index contributed by atoms with van der Waals surface area (Å²) in [4.78, 5) is 15.2. The van der Waals surface area contributed by atoms with Gasteiger partial charge in [0.25, 0.3) is 0 Å². The second-order valence-electron chi connectivity index (χ2n) is 11.9. The SMILES string of the molecule is COCCCOc1cc(CC(C[C@@H]2CNC[C@H]2CN(C(=O)OC2CCOCC2)C2CC2)C(C)C)ccc1OC. The molecular weight excluding hydrogens is 496 g/mol. The summed E-state index contributed by atoms with van der Waals surface area (Å²) in [5, 5.41) is 3.63. The number of nitrogens with zero attached hydrogens (tertiary/aromatic N) is 1. The average molecular weight is 547 g/mol. The summed E-state index contributed by atoms with van der Waals surface area (Å²) < 4.78 is 28.1. The van der Waals surface area contributed by atoms with Gasteiger partial charge in [0.2, 0.25) is 0 Å². The predicted octanol–water partition coefficient (Wildman–Crippen LogP) is 4.93. The molecule has 0 bridgehead atoms. The summed E-state index contributed by atoms with van der Waals surface area (Å²) in [7, 11) is 3.39. The van der Waals surface area contributed by atoms with Crippen molar-refractivity contribution in [1.29, 1.82) is 0 Å². The number of hydrogen-bond donors (Lipinski definition) is 1. The lowest BCUT2D eigenvalue weighted by Crippen LogP contribution is -2.42. The van der Waals surface area contributed by atoms with Crippen molar-refractivity contribution in [1.82, 2.24) is 10.2 Å². The van der Waals surface area contributed by atoms with Crippen LogP contribution < -0.4 is 14.8 Å². The van der Waals surface area contributed by atoms with E-state index < -0.39 is 0 Å². The molecule has 1 unspecified atom stereocenters. The number of nitrogens with one attached hydrogen (secondary N) is 1. The Balaban J connectivity index is 1.36. The van der Waals surface area contributed by atoms with Gasteiger partial charge in [0.1, 0.15) is 6.10 Å². The van der Waals surface area contributed by atoms with Crippen LogP contribution in [0, 0.1) is 23.7 Å². The highest BCUT2D eigenvalue weighted by atomic mass is 16.6. The summed E-state index contributed by atoms with van der Waals surface area (Å²) in [5.41, 5.74) is 1.28. The van der Waals surface area contributed by atoms with Gasteiger partial charge in [0.05, 0.1) is 26.9 Å². The number of ether oxygens (including phenoxy) is 5. The van der Waals surface area contributed by atoms with E-state index in [1.165, 1.54) is 5.56 Å². The first kappa shape index (κ1) is 29.9. The molecule has 1 amide bonds. The Morgan fingerprint density at radius 3 is 2.51 bits per heavy atom. The molecule has 0 aromatic heterocycles. The van der Waals surface area contributed by atoms with Crippen LogP contribution in [0.5, 0.6) is 11.5 Å². The number of rotatable bonds is 15. The molecular formula is C31H50N2O6. The summed E-state index contributed by atoms with van der Waals surface area (Å²) in [6.07, 6.45) is 6.65. The first-order valence-corrected chi connectivity index (χ1v) is 15.0. The second-order valence-corrected chi connectivity index (χ2v) is 11.9. The van der Waals surface area contributed by atoms with E-state index in [2.05, 4.69) is 31.3 Å². The fourth-order valence-corrected chi connectivity index (χ4v) is 5.92. The summed E-state index contributed by atoms with van der Waals surface area (Å²) in [5.74, 6) is 3.65. The molecule has 1 aromatic carbocycles. The van der Waals surface area contributed by atoms with Crippen molar-refractivity contribution in [3.8, 4) is 11.5 Å². The Labute approximate surface area is 235 Å². The zero-order valence-corrected chi connectivity index (χ0v) is 24.5. The van der Waals surface area contributed by atoms with Crippen molar-refractivity contribution >= 4 is 6.09 Å². The van der Waals surface area contributed by atoms with Crippen LogP contribution in [0.4, 0.5) is 4.79 Å². The lowest BCUT2D eigenvalue weighted by molar-refractivity contribution is -0.0127. The van der Waals surface area contributed by atoms with E-state index in [-0.39, 0.29) is 12.2 Å². The summed E-state index contributed by atoms with van der Waals surface area (Å²) in [6.45, 7) is 10.1. The third-order valence-electron chi connectivity index (χ3n) is 8.59. The van der Waals surface area contributed by atoms with Gasteiger partial charge >= 0.3 is 6.09 Å². The first-order valence-electron chi connectivity index (χ1n) is 15.0. The standard InChI is InChI=1S/C31H50N2O6/c1-22(2)24(16-23-6-9-29(36-4)30(17-23)38-13-5-12-35-3)18-25-19-32-20-26(25)21-33(27-7-8-27)31(34)39-28-10-14-37-15-11-28/h6,9,17,22,24-28,32H,5,7-8,10-16,18-21H2,1-4H3/t24?,25-,26+/m1/s1. The zero-order valence-electron chi connectivity index (χ0n) is 24.5. The van der Waals surface area contributed by atoms with Crippen molar-refractivity contribution in [3.05, 3.63) is 23.8 Å². The van der Waals surface area contributed by atoms with Crippen molar-refractivity contribution < 1.29 is 28.5 Å². The van der Waals surface area contributed by atoms with Gasteiger partial charge in [-0.15, -0.1) is 0 Å². The molecule has 8 nitrogen and oxygen atoms in total. The maximum Gasteiger partial charge on any atom is 0.410 e. The molecule has 3 aliphatic rings. The first-order chi connectivity index (χ1) is 19.0. The van der Waals surface area contributed by atoms with E-state index >= 15 is 0 Å². The quantitative estimate of drug-likeness (QED) is 0.313. The molecule has 220 valence electrons. The average Bonchev–Trinajstić information content (AvgIpc) is 3.69. The highest BCUT2D eigenvalue weighted by molar-refractivity contribution is 5.68. The highest BCUT2D eigenvalue weighted by Crippen LogP contribution is 2.36. The minimum absolute atomic E-state index is 0.00586. The van der Waals surface area contributed by atoms with Crippen LogP contribution in [-0.4, -0.2) is 83.4 Å². The topological polar surface area (TPSA) is 78.5 Å². The molecule has 1 N–H and O–H groups in total. The monoisotopic (exact) mass is 546 g/mol. The third kappa shape index (κ3) is 8.98. The van der Waals surface area contributed by atoms with Crippen LogP contribution in [0.25, 0.3) is 0 Å². The minimum Gasteiger partial charge on any atom is -0.493 e. The highest BCUT2D eigenvalue weighted by Gasteiger charge is 2.39. The van der Waals surface area contributed by atoms with Crippen LogP contribution in [0.3, 0.4) is 0 Å². The maximum atomic E-state index is 13.2. The van der Waals surface area contributed by atoms with Gasteiger partial charge in [-0.05, 0) is 80.1 Å². The molecule has 8 heteroatoms. The maximum absolute atomic E-state index is 13.2. The van der Waals surface area contributed by atoms with Crippen molar-refractivity contribution in [3.63, 3.8) is 0 Å². The van der Waals surface area contributed by atoms with Crippen LogP contribution in [0.2, 0.25) is 0 Å². The van der Waals surface area contributed by atoms with E-state index in [1.54, 1.807) is 14.2 Å². The van der Waals surface area contributed by atoms with E-state index in [0.717, 1.165) is 76.1 Å². The molecule has 2 heterocycles. The Kier molecular flexibility index (Phi) is 11.6. The molecule has 3 atom stereocenters. The largest absolute Gasteiger partial charge is 0.493 e. The fourth-order valence-electron chi connectivity index (χ4n) is 5.92. The van der Waals surface area contributed by atoms with Crippen molar-refractivity contribution in [2.75, 3.05) is 60.3 Å². The molecule has 39 heavy (non-hydrogen) atoms. The van der Waals surface area contributed by atoms with E-state index in [9.17, 15) is 4.79 Å². The fraction of sp³-hybridized carbons (Fsp3) is 0.774. The van der Waals surface area contributed by atoms with Gasteiger partial charge < -0.3 is 33.9 Å². The number of methoxy groups -OCH3 is 2. The molecule has 1 aromatic rings. The van der Waals surface area contributed by atoms with Crippen LogP contribution in [0.15, 0.2) is 18.2 Å². The van der Waals surface area contributed by atoms with Gasteiger partial charge in [0.15, 0.2) is 11.5 Å². The van der Waals surface area contributed by atoms with Gasteiger partial charge in [0, 0.05) is 45.6 Å². The van der Waals surface area contributed by atoms with Gasteiger partial charge in [-0.2, -0.15) is 0 Å². The number of benzene rings is 1. The smallest absolute Gasteiger partial charge is 0.410 e. The molecule has 3 fully saturated rings. The third-order valence-corrected chi connectivity index (χ3v) is 8.59. The number of hydrogen-bond acceptors (Lipinski definition) is 7. The number of carbonyl (C=O) groups excluding carboxylic acids is 1. The number of carbonyl (C=O) groups is 1. The zero-order chi connectivity index (χ0) is 27.6. The van der Waals surface area contributed by atoms with Gasteiger partial charge in [-0.3, -0.25) is 0 Å². The Bertz CT molecular complexity index is 886. The molecule has 4 rings (SSSR count).